The molecule has 0 amide bonds. The molecule has 1 aromatic carbocycles. The molecule has 0 aliphatic heterocycles. The molecule has 1 fully saturated rings. The maximum absolute atomic E-state index is 9.88. The average Bonchev–Trinajstić information content (AvgIpc) is 2.49. The third-order valence-electron chi connectivity index (χ3n) is 3.91. The number of nitrogens with one attached hydrogen (secondary N) is 1. The molecule has 21 heavy (non-hydrogen) atoms. The topological polar surface area (TPSA) is 61.7 Å². The van der Waals surface area contributed by atoms with Gasteiger partial charge in [-0.15, -0.1) is 0 Å². The first-order valence-corrected chi connectivity index (χ1v) is 7.98. The molecular formula is C16H24ClNO3. The van der Waals surface area contributed by atoms with Gasteiger partial charge < -0.3 is 20.3 Å². The lowest BCUT2D eigenvalue weighted by atomic mass is 9.86. The molecule has 118 valence electrons. The van der Waals surface area contributed by atoms with E-state index in [4.69, 9.17) is 16.3 Å². The third-order valence-corrected chi connectivity index (χ3v) is 4.16. The highest BCUT2D eigenvalue weighted by Crippen LogP contribution is 2.23. The van der Waals surface area contributed by atoms with E-state index in [2.05, 4.69) is 5.32 Å². The van der Waals surface area contributed by atoms with Crippen molar-refractivity contribution in [2.45, 2.75) is 37.9 Å². The first-order chi connectivity index (χ1) is 10.1. The van der Waals surface area contributed by atoms with Crippen molar-refractivity contribution in [2.24, 2.45) is 5.92 Å². The quantitative estimate of drug-likeness (QED) is 0.722. The summed E-state index contributed by atoms with van der Waals surface area (Å²) in [4.78, 5) is 0. The zero-order valence-corrected chi connectivity index (χ0v) is 12.9. The zero-order valence-electron chi connectivity index (χ0n) is 12.2. The van der Waals surface area contributed by atoms with Gasteiger partial charge in [-0.2, -0.15) is 0 Å². The van der Waals surface area contributed by atoms with E-state index in [1.54, 1.807) is 24.3 Å². The molecule has 0 bridgehead atoms. The summed E-state index contributed by atoms with van der Waals surface area (Å²) in [6, 6.07) is 7.07. The second kappa shape index (κ2) is 8.59. The van der Waals surface area contributed by atoms with Gasteiger partial charge in [0.25, 0.3) is 0 Å². The van der Waals surface area contributed by atoms with Crippen LogP contribution in [0.4, 0.5) is 0 Å². The van der Waals surface area contributed by atoms with Crippen molar-refractivity contribution in [2.75, 3.05) is 19.7 Å². The van der Waals surface area contributed by atoms with Crippen LogP contribution in [0.3, 0.4) is 0 Å². The standard InChI is InChI=1S/C16H24ClNO3/c17-13-5-7-15(8-6-13)21-11-14(19)10-18-9-12-3-1-2-4-16(12)20/h5-8,12,14,16,18-20H,1-4,9-11H2. The van der Waals surface area contributed by atoms with Crippen LogP contribution in [0.1, 0.15) is 25.7 Å². The minimum absolute atomic E-state index is 0.200. The molecule has 1 aliphatic rings. The molecule has 0 heterocycles. The summed E-state index contributed by atoms with van der Waals surface area (Å²) in [5.41, 5.74) is 0. The highest BCUT2D eigenvalue weighted by Gasteiger charge is 2.22. The van der Waals surface area contributed by atoms with Gasteiger partial charge in [0, 0.05) is 18.1 Å². The Bertz CT molecular complexity index is 412. The Morgan fingerprint density at radius 1 is 1.24 bits per heavy atom. The van der Waals surface area contributed by atoms with Gasteiger partial charge in [-0.1, -0.05) is 24.4 Å². The summed E-state index contributed by atoms with van der Waals surface area (Å²) < 4.78 is 5.49. The van der Waals surface area contributed by atoms with Gasteiger partial charge >= 0.3 is 0 Å². The van der Waals surface area contributed by atoms with Crippen molar-refractivity contribution >= 4 is 11.6 Å². The van der Waals surface area contributed by atoms with Crippen molar-refractivity contribution in [3.05, 3.63) is 29.3 Å². The second-order valence-electron chi connectivity index (χ2n) is 5.69. The minimum atomic E-state index is -0.568. The Balaban J connectivity index is 1.61. The van der Waals surface area contributed by atoms with Gasteiger partial charge in [0.2, 0.25) is 0 Å². The first kappa shape index (κ1) is 16.6. The fourth-order valence-electron chi connectivity index (χ4n) is 2.64. The minimum Gasteiger partial charge on any atom is -0.491 e. The number of aliphatic hydroxyl groups excluding tert-OH is 2. The van der Waals surface area contributed by atoms with Gasteiger partial charge in [-0.05, 0) is 43.0 Å². The molecule has 0 spiro atoms. The number of halogens is 1. The van der Waals surface area contributed by atoms with Crippen LogP contribution >= 0.6 is 11.6 Å². The molecule has 0 aromatic heterocycles. The van der Waals surface area contributed by atoms with E-state index in [1.165, 1.54) is 6.42 Å². The zero-order chi connectivity index (χ0) is 15.1. The summed E-state index contributed by atoms with van der Waals surface area (Å²) >= 11 is 5.79. The van der Waals surface area contributed by atoms with E-state index in [1.807, 2.05) is 0 Å². The Morgan fingerprint density at radius 3 is 2.67 bits per heavy atom. The van der Waals surface area contributed by atoms with Crippen LogP contribution in [0.25, 0.3) is 0 Å². The summed E-state index contributed by atoms with van der Waals surface area (Å²) in [5.74, 6) is 1.00. The van der Waals surface area contributed by atoms with Crippen molar-refractivity contribution in [3.8, 4) is 5.75 Å². The summed E-state index contributed by atoms with van der Waals surface area (Å²) in [5, 5.41) is 23.6. The van der Waals surface area contributed by atoms with Gasteiger partial charge in [-0.3, -0.25) is 0 Å². The van der Waals surface area contributed by atoms with E-state index >= 15 is 0 Å². The smallest absolute Gasteiger partial charge is 0.119 e. The Morgan fingerprint density at radius 2 is 1.95 bits per heavy atom. The molecule has 3 unspecified atom stereocenters. The molecule has 1 aromatic rings. The van der Waals surface area contributed by atoms with Crippen LogP contribution in [-0.4, -0.2) is 42.1 Å². The predicted octanol–water partition coefficient (Wildman–Crippen LogP) is 2.22. The lowest BCUT2D eigenvalue weighted by molar-refractivity contribution is 0.0635. The van der Waals surface area contributed by atoms with Crippen molar-refractivity contribution in [1.29, 1.82) is 0 Å². The molecule has 3 atom stereocenters. The molecule has 1 aliphatic carbocycles. The maximum atomic E-state index is 9.88. The number of ether oxygens (including phenoxy) is 1. The molecule has 1 saturated carbocycles. The van der Waals surface area contributed by atoms with Gasteiger partial charge in [0.1, 0.15) is 18.5 Å². The van der Waals surface area contributed by atoms with Crippen LogP contribution in [0.15, 0.2) is 24.3 Å². The van der Waals surface area contributed by atoms with Gasteiger partial charge in [0.05, 0.1) is 6.10 Å². The van der Waals surface area contributed by atoms with E-state index in [9.17, 15) is 10.2 Å². The lowest BCUT2D eigenvalue weighted by Crippen LogP contribution is -2.38. The van der Waals surface area contributed by atoms with Crippen molar-refractivity contribution in [3.63, 3.8) is 0 Å². The highest BCUT2D eigenvalue weighted by molar-refractivity contribution is 6.30. The van der Waals surface area contributed by atoms with Gasteiger partial charge in [-0.25, -0.2) is 0 Å². The van der Waals surface area contributed by atoms with Crippen LogP contribution in [-0.2, 0) is 0 Å². The van der Waals surface area contributed by atoms with E-state index in [-0.39, 0.29) is 12.7 Å². The molecule has 0 saturated heterocycles. The molecule has 2 rings (SSSR count). The average molecular weight is 314 g/mol. The number of aliphatic hydroxyl groups is 2. The number of rotatable bonds is 7. The third kappa shape index (κ3) is 5.83. The normalized spacial score (nSPS) is 23.8. The molecular weight excluding hydrogens is 290 g/mol. The van der Waals surface area contributed by atoms with E-state index in [0.717, 1.165) is 25.8 Å². The Labute approximate surface area is 131 Å². The van der Waals surface area contributed by atoms with Crippen LogP contribution < -0.4 is 10.1 Å². The van der Waals surface area contributed by atoms with Crippen LogP contribution in [0, 0.1) is 5.92 Å². The maximum Gasteiger partial charge on any atom is 0.119 e. The highest BCUT2D eigenvalue weighted by atomic mass is 35.5. The lowest BCUT2D eigenvalue weighted by Gasteiger charge is -2.28. The van der Waals surface area contributed by atoms with Gasteiger partial charge in [0.15, 0.2) is 0 Å². The van der Waals surface area contributed by atoms with Crippen molar-refractivity contribution in [1.82, 2.24) is 5.32 Å². The molecule has 4 nitrogen and oxygen atoms in total. The van der Waals surface area contributed by atoms with Crippen molar-refractivity contribution < 1.29 is 14.9 Å². The molecule has 5 heteroatoms. The van der Waals surface area contributed by atoms with E-state index < -0.39 is 6.10 Å². The van der Waals surface area contributed by atoms with Crippen LogP contribution in [0.2, 0.25) is 5.02 Å². The number of hydrogen-bond acceptors (Lipinski definition) is 4. The molecule has 3 N–H and O–H groups in total. The van der Waals surface area contributed by atoms with Crippen LogP contribution in [0.5, 0.6) is 5.75 Å². The number of hydrogen-bond donors (Lipinski definition) is 3. The van der Waals surface area contributed by atoms with E-state index in [0.29, 0.717) is 23.2 Å². The molecule has 0 radical (unpaired) electrons. The second-order valence-corrected chi connectivity index (χ2v) is 6.13. The monoisotopic (exact) mass is 313 g/mol. The summed E-state index contributed by atoms with van der Waals surface area (Å²) in [7, 11) is 0. The predicted molar refractivity (Wildman–Crippen MR) is 83.8 cm³/mol. The first-order valence-electron chi connectivity index (χ1n) is 7.60. The summed E-state index contributed by atoms with van der Waals surface area (Å²) in [6.45, 7) is 1.46. The summed E-state index contributed by atoms with van der Waals surface area (Å²) in [6.07, 6.45) is 3.50. The fourth-order valence-corrected chi connectivity index (χ4v) is 2.77. The fraction of sp³-hybridized carbons (Fsp3) is 0.625. The Hall–Kier alpha value is -0.810. The SMILES string of the molecule is OC(CNCC1CCCCC1O)COc1ccc(Cl)cc1. The number of benzene rings is 1. The largest absolute Gasteiger partial charge is 0.491 e. The Kier molecular flexibility index (Phi) is 6.77.